The molecule has 1 rings (SSSR count). The molecule has 94 valence electrons. The van der Waals surface area contributed by atoms with Crippen molar-refractivity contribution in [1.29, 1.82) is 0 Å². The normalized spacial score (nSPS) is 10.6. The van der Waals surface area contributed by atoms with Gasteiger partial charge in [0.2, 0.25) is 0 Å². The van der Waals surface area contributed by atoms with E-state index < -0.39 is 23.8 Å². The second-order valence-corrected chi connectivity index (χ2v) is 3.62. The van der Waals surface area contributed by atoms with Gasteiger partial charge in [-0.25, -0.2) is 18.6 Å². The maximum absolute atomic E-state index is 12.5. The fourth-order valence-corrected chi connectivity index (χ4v) is 1.62. The first kappa shape index (κ1) is 13.8. The highest BCUT2D eigenvalue weighted by atomic mass is 79.9. The quantitative estimate of drug-likeness (QED) is 0.686. The molecular formula is C10H10BrF2NO3. The first-order chi connectivity index (χ1) is 8.01. The van der Waals surface area contributed by atoms with Crippen molar-refractivity contribution >= 4 is 21.9 Å². The minimum Gasteiger partial charge on any atom is -0.506 e. The lowest BCUT2D eigenvalue weighted by Gasteiger charge is -2.09. The van der Waals surface area contributed by atoms with Crippen LogP contribution in [0.15, 0.2) is 6.07 Å². The van der Waals surface area contributed by atoms with Crippen LogP contribution in [0.5, 0.6) is 5.75 Å². The Morgan fingerprint density at radius 2 is 2.29 bits per heavy atom. The van der Waals surface area contributed by atoms with Gasteiger partial charge in [-0.05, 0) is 18.6 Å². The Kier molecular flexibility index (Phi) is 4.80. The Morgan fingerprint density at radius 1 is 1.65 bits per heavy atom. The van der Waals surface area contributed by atoms with Crippen LogP contribution in [0, 0.1) is 0 Å². The summed E-state index contributed by atoms with van der Waals surface area (Å²) in [7, 11) is 0. The third kappa shape index (κ3) is 3.12. The molecule has 0 atom stereocenters. The molecule has 1 N–H and O–H groups in total. The minimum atomic E-state index is -2.95. The van der Waals surface area contributed by atoms with Crippen LogP contribution in [-0.4, -0.2) is 22.7 Å². The van der Waals surface area contributed by atoms with E-state index in [4.69, 9.17) is 4.74 Å². The highest BCUT2D eigenvalue weighted by Gasteiger charge is 2.22. The van der Waals surface area contributed by atoms with Gasteiger partial charge in [0.25, 0.3) is 6.43 Å². The van der Waals surface area contributed by atoms with Gasteiger partial charge in [0.1, 0.15) is 11.4 Å². The van der Waals surface area contributed by atoms with E-state index in [0.717, 1.165) is 6.07 Å². The van der Waals surface area contributed by atoms with Crippen LogP contribution < -0.4 is 0 Å². The van der Waals surface area contributed by atoms with Gasteiger partial charge >= 0.3 is 5.97 Å². The molecule has 0 amide bonds. The first-order valence-electron chi connectivity index (χ1n) is 4.75. The number of aromatic nitrogens is 1. The van der Waals surface area contributed by atoms with E-state index in [1.54, 1.807) is 6.92 Å². The van der Waals surface area contributed by atoms with Crippen molar-refractivity contribution in [3.8, 4) is 5.75 Å². The standard InChI is InChI=1S/C10H10BrF2NO3/c1-2-17-10(16)7-5(4-11)3-6(15)8(14-7)9(12)13/h3,9,15H,2,4H2,1H3. The lowest BCUT2D eigenvalue weighted by atomic mass is 10.2. The maximum atomic E-state index is 12.5. The van der Waals surface area contributed by atoms with E-state index in [9.17, 15) is 18.7 Å². The molecule has 0 saturated carbocycles. The van der Waals surface area contributed by atoms with E-state index in [0.29, 0.717) is 5.56 Å². The van der Waals surface area contributed by atoms with Gasteiger partial charge in [-0.3, -0.25) is 0 Å². The van der Waals surface area contributed by atoms with Gasteiger partial charge in [-0.2, -0.15) is 0 Å². The van der Waals surface area contributed by atoms with Crippen LogP contribution in [0.2, 0.25) is 0 Å². The smallest absolute Gasteiger partial charge is 0.357 e. The lowest BCUT2D eigenvalue weighted by molar-refractivity contribution is 0.0516. The summed E-state index contributed by atoms with van der Waals surface area (Å²) in [4.78, 5) is 14.9. The summed E-state index contributed by atoms with van der Waals surface area (Å²) in [6, 6.07) is 1.08. The summed E-state index contributed by atoms with van der Waals surface area (Å²) in [6.45, 7) is 1.72. The first-order valence-corrected chi connectivity index (χ1v) is 5.87. The fraction of sp³-hybridized carbons (Fsp3) is 0.400. The van der Waals surface area contributed by atoms with Crippen molar-refractivity contribution in [3.63, 3.8) is 0 Å². The Balaban J connectivity index is 3.26. The molecule has 4 nitrogen and oxygen atoms in total. The molecule has 0 fully saturated rings. The Hall–Kier alpha value is -1.24. The molecule has 7 heteroatoms. The van der Waals surface area contributed by atoms with Gasteiger partial charge < -0.3 is 9.84 Å². The highest BCUT2D eigenvalue weighted by Crippen LogP contribution is 2.29. The molecule has 0 aliphatic heterocycles. The summed E-state index contributed by atoms with van der Waals surface area (Å²) < 4.78 is 29.7. The second-order valence-electron chi connectivity index (χ2n) is 3.06. The molecular weight excluding hydrogens is 300 g/mol. The fourth-order valence-electron chi connectivity index (χ4n) is 1.20. The number of carbonyl (C=O) groups is 1. The van der Waals surface area contributed by atoms with E-state index in [-0.39, 0.29) is 17.6 Å². The minimum absolute atomic E-state index is 0.118. The van der Waals surface area contributed by atoms with E-state index >= 15 is 0 Å². The van der Waals surface area contributed by atoms with Crippen molar-refractivity contribution in [2.24, 2.45) is 0 Å². The van der Waals surface area contributed by atoms with Gasteiger partial charge in [-0.15, -0.1) is 0 Å². The summed E-state index contributed by atoms with van der Waals surface area (Å²) in [5.74, 6) is -1.42. The molecule has 0 bridgehead atoms. The Morgan fingerprint density at radius 3 is 2.76 bits per heavy atom. The van der Waals surface area contributed by atoms with Crippen molar-refractivity contribution < 1.29 is 23.4 Å². The van der Waals surface area contributed by atoms with Crippen LogP contribution in [-0.2, 0) is 10.1 Å². The molecule has 1 heterocycles. The molecule has 17 heavy (non-hydrogen) atoms. The van der Waals surface area contributed by atoms with Crippen LogP contribution >= 0.6 is 15.9 Å². The number of esters is 1. The summed E-state index contributed by atoms with van der Waals surface area (Å²) in [6.07, 6.45) is -2.95. The zero-order chi connectivity index (χ0) is 13.0. The summed E-state index contributed by atoms with van der Waals surface area (Å²) >= 11 is 3.08. The average molecular weight is 310 g/mol. The Bertz CT molecular complexity index is 426. The monoisotopic (exact) mass is 309 g/mol. The number of halogens is 3. The second kappa shape index (κ2) is 5.90. The molecule has 0 aliphatic carbocycles. The van der Waals surface area contributed by atoms with Crippen LogP contribution in [0.25, 0.3) is 0 Å². The maximum Gasteiger partial charge on any atom is 0.357 e. The molecule has 0 saturated heterocycles. The number of hydrogen-bond acceptors (Lipinski definition) is 4. The Labute approximate surface area is 105 Å². The average Bonchev–Trinajstić information content (AvgIpc) is 2.28. The van der Waals surface area contributed by atoms with E-state index in [1.807, 2.05) is 0 Å². The molecule has 0 spiro atoms. The van der Waals surface area contributed by atoms with Gasteiger partial charge in [-0.1, -0.05) is 15.9 Å². The van der Waals surface area contributed by atoms with Crippen LogP contribution in [0.3, 0.4) is 0 Å². The summed E-state index contributed by atoms with van der Waals surface area (Å²) in [5, 5.41) is 9.51. The molecule has 1 aromatic heterocycles. The van der Waals surface area contributed by atoms with Gasteiger partial charge in [0.05, 0.1) is 6.61 Å². The summed E-state index contributed by atoms with van der Waals surface area (Å²) in [5.41, 5.74) is -0.736. The molecule has 0 aliphatic rings. The van der Waals surface area contributed by atoms with Crippen molar-refractivity contribution in [2.75, 3.05) is 6.61 Å². The molecule has 0 radical (unpaired) electrons. The number of alkyl halides is 3. The van der Waals surface area contributed by atoms with Crippen LogP contribution in [0.4, 0.5) is 8.78 Å². The number of hydrogen-bond donors (Lipinski definition) is 1. The number of aromatic hydroxyl groups is 1. The number of pyridine rings is 1. The molecule has 0 aromatic carbocycles. The zero-order valence-electron chi connectivity index (χ0n) is 8.91. The number of nitrogens with zero attached hydrogens (tertiary/aromatic N) is 1. The third-order valence-corrected chi connectivity index (χ3v) is 2.53. The largest absolute Gasteiger partial charge is 0.506 e. The van der Waals surface area contributed by atoms with Crippen molar-refractivity contribution in [3.05, 3.63) is 23.0 Å². The predicted molar refractivity (Wildman–Crippen MR) is 59.4 cm³/mol. The topological polar surface area (TPSA) is 59.4 Å². The number of carbonyl (C=O) groups excluding carboxylic acids is 1. The molecule has 1 aromatic rings. The predicted octanol–water partition coefficient (Wildman–Crippen LogP) is 2.80. The van der Waals surface area contributed by atoms with Gasteiger partial charge in [0.15, 0.2) is 5.69 Å². The van der Waals surface area contributed by atoms with E-state index in [2.05, 4.69) is 20.9 Å². The van der Waals surface area contributed by atoms with E-state index in [1.165, 1.54) is 0 Å². The van der Waals surface area contributed by atoms with Crippen molar-refractivity contribution in [1.82, 2.24) is 4.98 Å². The lowest BCUT2D eigenvalue weighted by Crippen LogP contribution is -2.12. The van der Waals surface area contributed by atoms with Crippen molar-refractivity contribution in [2.45, 2.75) is 18.7 Å². The third-order valence-electron chi connectivity index (χ3n) is 1.93. The van der Waals surface area contributed by atoms with Crippen LogP contribution in [0.1, 0.15) is 35.1 Å². The zero-order valence-corrected chi connectivity index (χ0v) is 10.5. The van der Waals surface area contributed by atoms with Gasteiger partial charge in [0, 0.05) is 5.33 Å². The number of ether oxygens (including phenoxy) is 1. The highest BCUT2D eigenvalue weighted by molar-refractivity contribution is 9.08. The SMILES string of the molecule is CCOC(=O)c1nc(C(F)F)c(O)cc1CBr. The molecule has 0 unspecified atom stereocenters. The number of rotatable bonds is 4.